The lowest BCUT2D eigenvalue weighted by Gasteiger charge is -2.14. The van der Waals surface area contributed by atoms with Gasteiger partial charge in [0.05, 0.1) is 6.61 Å². The van der Waals surface area contributed by atoms with Crippen LogP contribution in [0.2, 0.25) is 0 Å². The molecule has 0 saturated carbocycles. The minimum atomic E-state index is -0.212. The van der Waals surface area contributed by atoms with Crippen molar-refractivity contribution in [3.63, 3.8) is 0 Å². The van der Waals surface area contributed by atoms with E-state index < -0.39 is 0 Å². The Hall–Kier alpha value is -3.47. The number of anilines is 2. The molecule has 1 amide bonds. The lowest BCUT2D eigenvalue weighted by molar-refractivity contribution is -0.118. The van der Waals surface area contributed by atoms with E-state index in [9.17, 15) is 4.79 Å². The predicted octanol–water partition coefficient (Wildman–Crippen LogP) is 5.33. The van der Waals surface area contributed by atoms with Crippen LogP contribution in [0.3, 0.4) is 0 Å². The molecule has 5 heteroatoms. The summed E-state index contributed by atoms with van der Waals surface area (Å²) in [6, 6.07) is 21.6. The van der Waals surface area contributed by atoms with Crippen LogP contribution in [0.4, 0.5) is 11.4 Å². The first-order valence-electron chi connectivity index (χ1n) is 10.1. The van der Waals surface area contributed by atoms with Crippen LogP contribution in [0.5, 0.6) is 11.5 Å². The number of nitrogens with one attached hydrogen (secondary N) is 2. The van der Waals surface area contributed by atoms with Crippen LogP contribution in [-0.2, 0) is 11.3 Å². The Morgan fingerprint density at radius 1 is 0.833 bits per heavy atom. The highest BCUT2D eigenvalue weighted by Crippen LogP contribution is 2.29. The molecule has 3 aromatic rings. The molecular formula is C25H28N2O3. The number of carbonyl (C=O) groups excluding carboxylic acids is 1. The highest BCUT2D eigenvalue weighted by Gasteiger charge is 2.10. The van der Waals surface area contributed by atoms with Gasteiger partial charge in [-0.2, -0.15) is 0 Å². The molecule has 5 nitrogen and oxygen atoms in total. The van der Waals surface area contributed by atoms with Crippen LogP contribution in [0.1, 0.15) is 23.6 Å². The van der Waals surface area contributed by atoms with E-state index in [1.165, 1.54) is 5.56 Å². The normalized spacial score (nSPS) is 10.4. The average Bonchev–Trinajstić information content (AvgIpc) is 2.75. The van der Waals surface area contributed by atoms with E-state index in [2.05, 4.69) is 10.6 Å². The Morgan fingerprint density at radius 3 is 2.37 bits per heavy atom. The molecule has 2 N–H and O–H groups in total. The van der Waals surface area contributed by atoms with Crippen LogP contribution in [0.15, 0.2) is 66.7 Å². The molecule has 3 rings (SSSR count). The van der Waals surface area contributed by atoms with Crippen LogP contribution in [0, 0.1) is 13.8 Å². The molecule has 0 radical (unpaired) electrons. The molecule has 0 atom stereocenters. The molecule has 0 aliphatic rings. The standard InChI is InChI=1S/C25H28N2O3/c1-4-29-24-15-20(16-26-21-8-6-5-7-9-21)11-13-23(24)30-17-25(28)27-22-12-10-18(2)19(3)14-22/h5-15,26H,4,16-17H2,1-3H3,(H,27,28). The Morgan fingerprint density at radius 2 is 1.63 bits per heavy atom. The van der Waals surface area contributed by atoms with Gasteiger partial charge in [0.15, 0.2) is 18.1 Å². The predicted molar refractivity (Wildman–Crippen MR) is 121 cm³/mol. The summed E-state index contributed by atoms with van der Waals surface area (Å²) in [4.78, 5) is 12.3. The largest absolute Gasteiger partial charge is 0.490 e. The maximum absolute atomic E-state index is 12.3. The van der Waals surface area contributed by atoms with Gasteiger partial charge in [0.25, 0.3) is 5.91 Å². The number of rotatable bonds is 9. The Labute approximate surface area is 178 Å². The summed E-state index contributed by atoms with van der Waals surface area (Å²) >= 11 is 0. The molecule has 0 unspecified atom stereocenters. The van der Waals surface area contributed by atoms with Crippen molar-refractivity contribution < 1.29 is 14.3 Å². The minimum absolute atomic E-state index is 0.0887. The molecule has 3 aromatic carbocycles. The zero-order valence-electron chi connectivity index (χ0n) is 17.7. The van der Waals surface area contributed by atoms with Crippen LogP contribution in [0.25, 0.3) is 0 Å². The van der Waals surface area contributed by atoms with Crippen LogP contribution < -0.4 is 20.1 Å². The zero-order chi connectivity index (χ0) is 21.3. The van der Waals surface area contributed by atoms with Gasteiger partial charge in [-0.1, -0.05) is 30.3 Å². The molecule has 0 spiro atoms. The molecule has 0 heterocycles. The van der Waals surface area contributed by atoms with Crippen molar-refractivity contribution in [2.45, 2.75) is 27.3 Å². The molecule has 0 aliphatic carbocycles. The van der Waals surface area contributed by atoms with Gasteiger partial charge < -0.3 is 20.1 Å². The third-order valence-electron chi connectivity index (χ3n) is 4.73. The van der Waals surface area contributed by atoms with Crippen molar-refractivity contribution in [3.05, 3.63) is 83.4 Å². The van der Waals surface area contributed by atoms with Gasteiger partial charge in [-0.05, 0) is 73.9 Å². The summed E-state index contributed by atoms with van der Waals surface area (Å²) in [5, 5.41) is 6.24. The van der Waals surface area contributed by atoms with E-state index in [-0.39, 0.29) is 12.5 Å². The average molecular weight is 405 g/mol. The van der Waals surface area contributed by atoms with Gasteiger partial charge in [-0.25, -0.2) is 0 Å². The number of benzene rings is 3. The second-order valence-electron chi connectivity index (χ2n) is 7.07. The number of hydrogen-bond acceptors (Lipinski definition) is 4. The van der Waals surface area contributed by atoms with E-state index in [0.717, 1.165) is 22.5 Å². The smallest absolute Gasteiger partial charge is 0.262 e. The van der Waals surface area contributed by atoms with Crippen molar-refractivity contribution in [2.24, 2.45) is 0 Å². The highest BCUT2D eigenvalue weighted by molar-refractivity contribution is 5.92. The highest BCUT2D eigenvalue weighted by atomic mass is 16.5. The number of carbonyl (C=O) groups is 1. The fourth-order valence-electron chi connectivity index (χ4n) is 2.97. The van der Waals surface area contributed by atoms with Gasteiger partial charge in [-0.15, -0.1) is 0 Å². The van der Waals surface area contributed by atoms with E-state index in [4.69, 9.17) is 9.47 Å². The molecule has 0 saturated heterocycles. The van der Waals surface area contributed by atoms with Gasteiger partial charge in [0, 0.05) is 17.9 Å². The van der Waals surface area contributed by atoms with Crippen molar-refractivity contribution in [1.29, 1.82) is 0 Å². The molecule has 156 valence electrons. The zero-order valence-corrected chi connectivity index (χ0v) is 17.7. The fourth-order valence-corrected chi connectivity index (χ4v) is 2.97. The lowest BCUT2D eigenvalue weighted by atomic mass is 10.1. The lowest BCUT2D eigenvalue weighted by Crippen LogP contribution is -2.20. The summed E-state index contributed by atoms with van der Waals surface area (Å²) < 4.78 is 11.5. The molecule has 30 heavy (non-hydrogen) atoms. The molecular weight excluding hydrogens is 376 g/mol. The van der Waals surface area contributed by atoms with E-state index in [1.54, 1.807) is 0 Å². The van der Waals surface area contributed by atoms with Crippen molar-refractivity contribution in [1.82, 2.24) is 0 Å². The van der Waals surface area contributed by atoms with Gasteiger partial charge in [0.1, 0.15) is 0 Å². The maximum Gasteiger partial charge on any atom is 0.262 e. The number of hydrogen-bond donors (Lipinski definition) is 2. The van der Waals surface area contributed by atoms with Crippen molar-refractivity contribution in [3.8, 4) is 11.5 Å². The molecule has 0 bridgehead atoms. The summed E-state index contributed by atoms with van der Waals surface area (Å²) in [6.07, 6.45) is 0. The van der Waals surface area contributed by atoms with Gasteiger partial charge >= 0.3 is 0 Å². The first kappa shape index (κ1) is 21.2. The minimum Gasteiger partial charge on any atom is -0.490 e. The molecule has 0 aromatic heterocycles. The van der Waals surface area contributed by atoms with Gasteiger partial charge in [0.2, 0.25) is 0 Å². The third-order valence-corrected chi connectivity index (χ3v) is 4.73. The van der Waals surface area contributed by atoms with Gasteiger partial charge in [-0.3, -0.25) is 4.79 Å². The van der Waals surface area contributed by atoms with Crippen LogP contribution in [-0.4, -0.2) is 19.1 Å². The summed E-state index contributed by atoms with van der Waals surface area (Å²) in [5.74, 6) is 0.968. The molecule has 0 aliphatic heterocycles. The SMILES string of the molecule is CCOc1cc(CNc2ccccc2)ccc1OCC(=O)Nc1ccc(C)c(C)c1. The molecule has 0 fully saturated rings. The second-order valence-corrected chi connectivity index (χ2v) is 7.07. The van der Waals surface area contributed by atoms with E-state index in [1.807, 2.05) is 87.5 Å². The number of para-hydroxylation sites is 1. The third kappa shape index (κ3) is 6.01. The summed E-state index contributed by atoms with van der Waals surface area (Å²) in [6.45, 7) is 7.07. The van der Waals surface area contributed by atoms with Crippen molar-refractivity contribution in [2.75, 3.05) is 23.8 Å². The number of ether oxygens (including phenoxy) is 2. The van der Waals surface area contributed by atoms with E-state index in [0.29, 0.717) is 24.7 Å². The Balaban J connectivity index is 1.60. The maximum atomic E-state index is 12.3. The second kappa shape index (κ2) is 10.3. The number of amides is 1. The van der Waals surface area contributed by atoms with E-state index >= 15 is 0 Å². The Bertz CT molecular complexity index is 987. The fraction of sp³-hybridized carbons (Fsp3) is 0.240. The van der Waals surface area contributed by atoms with Crippen LogP contribution >= 0.6 is 0 Å². The topological polar surface area (TPSA) is 59.6 Å². The van der Waals surface area contributed by atoms with Crippen molar-refractivity contribution >= 4 is 17.3 Å². The summed E-state index contributed by atoms with van der Waals surface area (Å²) in [5.41, 5.74) is 5.20. The number of aryl methyl sites for hydroxylation is 2. The quantitative estimate of drug-likeness (QED) is 0.506. The Kier molecular flexibility index (Phi) is 7.33. The first-order chi connectivity index (χ1) is 14.5. The first-order valence-corrected chi connectivity index (χ1v) is 10.1. The monoisotopic (exact) mass is 404 g/mol. The summed E-state index contributed by atoms with van der Waals surface area (Å²) in [7, 11) is 0.